The highest BCUT2D eigenvalue weighted by atomic mass is 16.6. The molecule has 30 heavy (non-hydrogen) atoms. The third-order valence-electron chi connectivity index (χ3n) is 4.91. The van der Waals surface area contributed by atoms with Gasteiger partial charge in [0.2, 0.25) is 0 Å². The number of carbonyl (C=O) groups excluding carboxylic acids is 1. The van der Waals surface area contributed by atoms with E-state index in [2.05, 4.69) is 20.7 Å². The topological polar surface area (TPSA) is 93.0 Å². The third kappa shape index (κ3) is 6.62. The van der Waals surface area contributed by atoms with Crippen LogP contribution in [0.25, 0.3) is 0 Å². The number of ether oxygens (including phenoxy) is 2. The Hall–Kier alpha value is -2.29. The molecule has 0 bridgehead atoms. The number of nitrogens with one attached hydrogen (secondary N) is 2. The Balaban J connectivity index is 1.89. The summed E-state index contributed by atoms with van der Waals surface area (Å²) < 4.78 is 13.5. The monoisotopic (exact) mass is 422 g/mol. The molecule has 1 fully saturated rings. The van der Waals surface area contributed by atoms with Crippen LogP contribution in [0.15, 0.2) is 17.4 Å². The van der Waals surface area contributed by atoms with Gasteiger partial charge in [-0.25, -0.2) is 4.79 Å². The minimum absolute atomic E-state index is 0.135. The van der Waals surface area contributed by atoms with E-state index in [-0.39, 0.29) is 18.2 Å². The number of hydrogen-bond donors (Lipinski definition) is 2. The van der Waals surface area contributed by atoms with Gasteiger partial charge in [0.15, 0.2) is 5.96 Å². The standard InChI is InChI=1S/C21H38N6O3/c1-15-17(27(21(5,6)29-15)19(28)30-20(2,3)4)13-24-18(22-7)23-11-9-10-16-12-25-26(8)14-16/h12,14-15,17H,9-11,13H2,1-8H3,(H2,22,23,24). The molecule has 2 heterocycles. The Morgan fingerprint density at radius 1 is 1.37 bits per heavy atom. The molecule has 1 saturated heterocycles. The van der Waals surface area contributed by atoms with Crippen molar-refractivity contribution in [2.24, 2.45) is 12.0 Å². The van der Waals surface area contributed by atoms with E-state index in [9.17, 15) is 4.79 Å². The maximum absolute atomic E-state index is 12.8. The summed E-state index contributed by atoms with van der Waals surface area (Å²) in [5, 5.41) is 10.8. The number of carbonyl (C=O) groups is 1. The van der Waals surface area contributed by atoms with Crippen LogP contribution in [0.4, 0.5) is 4.79 Å². The molecule has 1 amide bonds. The number of hydrogen-bond acceptors (Lipinski definition) is 5. The summed E-state index contributed by atoms with van der Waals surface area (Å²) in [6.45, 7) is 12.6. The molecule has 2 atom stereocenters. The average molecular weight is 423 g/mol. The van der Waals surface area contributed by atoms with Crippen LogP contribution >= 0.6 is 0 Å². The van der Waals surface area contributed by atoms with Crippen molar-refractivity contribution in [3.05, 3.63) is 18.0 Å². The van der Waals surface area contributed by atoms with Crippen molar-refractivity contribution in [1.29, 1.82) is 0 Å². The number of guanidine groups is 1. The minimum Gasteiger partial charge on any atom is -0.444 e. The van der Waals surface area contributed by atoms with E-state index in [1.165, 1.54) is 5.56 Å². The van der Waals surface area contributed by atoms with Gasteiger partial charge in [-0.3, -0.25) is 14.6 Å². The molecule has 1 aromatic heterocycles. The lowest BCUT2D eigenvalue weighted by Crippen LogP contribution is -2.54. The molecule has 0 spiro atoms. The maximum atomic E-state index is 12.8. The Bertz CT molecular complexity index is 737. The number of aromatic nitrogens is 2. The number of nitrogens with zero attached hydrogens (tertiary/aromatic N) is 4. The fourth-order valence-electron chi connectivity index (χ4n) is 3.65. The molecule has 9 nitrogen and oxygen atoms in total. The second kappa shape index (κ2) is 9.68. The van der Waals surface area contributed by atoms with Crippen molar-refractivity contribution in [2.45, 2.75) is 77.9 Å². The highest BCUT2D eigenvalue weighted by Crippen LogP contribution is 2.33. The molecule has 1 aromatic rings. The van der Waals surface area contributed by atoms with Crippen LogP contribution in [0.3, 0.4) is 0 Å². The molecule has 9 heteroatoms. The number of amides is 1. The first-order valence-electron chi connectivity index (χ1n) is 10.5. The summed E-state index contributed by atoms with van der Waals surface area (Å²) in [5.41, 5.74) is -0.0909. The highest BCUT2D eigenvalue weighted by molar-refractivity contribution is 5.79. The van der Waals surface area contributed by atoms with Gasteiger partial charge < -0.3 is 20.1 Å². The fraction of sp³-hybridized carbons (Fsp3) is 0.762. The molecule has 170 valence electrons. The SMILES string of the molecule is CN=C(NCCCc1cnn(C)c1)NCC1C(C)OC(C)(C)N1C(=O)OC(C)(C)C. The summed E-state index contributed by atoms with van der Waals surface area (Å²) >= 11 is 0. The first-order chi connectivity index (χ1) is 13.9. The van der Waals surface area contributed by atoms with Gasteiger partial charge in [-0.15, -0.1) is 0 Å². The summed E-state index contributed by atoms with van der Waals surface area (Å²) in [7, 11) is 3.66. The predicted molar refractivity (Wildman–Crippen MR) is 117 cm³/mol. The van der Waals surface area contributed by atoms with Crippen LogP contribution in [0.1, 0.15) is 53.5 Å². The van der Waals surface area contributed by atoms with Gasteiger partial charge in [0.05, 0.1) is 18.3 Å². The Morgan fingerprint density at radius 2 is 2.07 bits per heavy atom. The van der Waals surface area contributed by atoms with Crippen molar-refractivity contribution < 1.29 is 14.3 Å². The van der Waals surface area contributed by atoms with Crippen molar-refractivity contribution in [1.82, 2.24) is 25.3 Å². The maximum Gasteiger partial charge on any atom is 0.412 e. The van der Waals surface area contributed by atoms with Crippen molar-refractivity contribution in [3.8, 4) is 0 Å². The van der Waals surface area contributed by atoms with Gasteiger partial charge in [0, 0.05) is 33.4 Å². The van der Waals surface area contributed by atoms with Crippen LogP contribution in [0, 0.1) is 0 Å². The van der Waals surface area contributed by atoms with E-state index < -0.39 is 11.3 Å². The zero-order chi connectivity index (χ0) is 22.5. The first kappa shape index (κ1) is 24.0. The molecule has 0 radical (unpaired) electrons. The van der Waals surface area contributed by atoms with Crippen molar-refractivity contribution >= 4 is 12.1 Å². The molecular weight excluding hydrogens is 384 g/mol. The average Bonchev–Trinajstić information content (AvgIpc) is 3.12. The summed E-state index contributed by atoms with van der Waals surface area (Å²) in [4.78, 5) is 18.8. The predicted octanol–water partition coefficient (Wildman–Crippen LogP) is 2.28. The van der Waals surface area contributed by atoms with Gasteiger partial charge in [-0.1, -0.05) is 0 Å². The zero-order valence-corrected chi connectivity index (χ0v) is 19.7. The van der Waals surface area contributed by atoms with E-state index in [0.29, 0.717) is 12.5 Å². The van der Waals surface area contributed by atoms with Crippen LogP contribution in [-0.4, -0.2) is 70.3 Å². The van der Waals surface area contributed by atoms with Gasteiger partial charge in [0.1, 0.15) is 11.3 Å². The van der Waals surface area contributed by atoms with Gasteiger partial charge in [0.25, 0.3) is 0 Å². The Morgan fingerprint density at radius 3 is 2.63 bits per heavy atom. The molecule has 2 unspecified atom stereocenters. The van der Waals surface area contributed by atoms with Gasteiger partial charge in [-0.05, 0) is 59.9 Å². The molecule has 0 aliphatic carbocycles. The fourth-order valence-corrected chi connectivity index (χ4v) is 3.65. The molecule has 0 saturated carbocycles. The quantitative estimate of drug-likeness (QED) is 0.415. The van der Waals surface area contributed by atoms with Gasteiger partial charge >= 0.3 is 6.09 Å². The van der Waals surface area contributed by atoms with E-state index >= 15 is 0 Å². The Kier molecular flexibility index (Phi) is 7.74. The molecule has 0 aromatic carbocycles. The lowest BCUT2D eigenvalue weighted by Gasteiger charge is -2.35. The van der Waals surface area contributed by atoms with Crippen LogP contribution in [0.2, 0.25) is 0 Å². The van der Waals surface area contributed by atoms with E-state index in [4.69, 9.17) is 9.47 Å². The second-order valence-corrected chi connectivity index (χ2v) is 9.19. The second-order valence-electron chi connectivity index (χ2n) is 9.19. The van der Waals surface area contributed by atoms with Gasteiger partial charge in [-0.2, -0.15) is 5.10 Å². The van der Waals surface area contributed by atoms with Crippen molar-refractivity contribution in [2.75, 3.05) is 20.1 Å². The lowest BCUT2D eigenvalue weighted by atomic mass is 10.1. The summed E-state index contributed by atoms with van der Waals surface area (Å²) in [6, 6.07) is -0.177. The molecular formula is C21H38N6O3. The largest absolute Gasteiger partial charge is 0.444 e. The van der Waals surface area contributed by atoms with Crippen LogP contribution < -0.4 is 10.6 Å². The third-order valence-corrected chi connectivity index (χ3v) is 4.91. The summed E-state index contributed by atoms with van der Waals surface area (Å²) in [6.07, 6.45) is 5.33. The van der Waals surface area contributed by atoms with Crippen molar-refractivity contribution in [3.63, 3.8) is 0 Å². The van der Waals surface area contributed by atoms with E-state index in [1.807, 2.05) is 65.7 Å². The molecule has 2 N–H and O–H groups in total. The Labute approximate surface area is 180 Å². The lowest BCUT2D eigenvalue weighted by molar-refractivity contribution is -0.0755. The number of aryl methyl sites for hydroxylation is 2. The number of aliphatic imine (C=N–C) groups is 1. The van der Waals surface area contributed by atoms with Crippen LogP contribution in [-0.2, 0) is 22.9 Å². The smallest absolute Gasteiger partial charge is 0.412 e. The van der Waals surface area contributed by atoms with E-state index in [1.54, 1.807) is 11.9 Å². The zero-order valence-electron chi connectivity index (χ0n) is 19.7. The molecule has 2 rings (SSSR count). The highest BCUT2D eigenvalue weighted by Gasteiger charge is 2.49. The number of rotatable bonds is 6. The first-order valence-corrected chi connectivity index (χ1v) is 10.5. The van der Waals surface area contributed by atoms with Crippen LogP contribution in [0.5, 0.6) is 0 Å². The molecule has 1 aliphatic rings. The normalized spacial score (nSPS) is 21.6. The minimum atomic E-state index is -0.741. The molecule has 1 aliphatic heterocycles. The van der Waals surface area contributed by atoms with E-state index in [0.717, 1.165) is 19.4 Å². The summed E-state index contributed by atoms with van der Waals surface area (Å²) in [5.74, 6) is 0.697.